The van der Waals surface area contributed by atoms with Crippen LogP contribution in [-0.4, -0.2) is 103 Å². The number of carboxylic acids is 1. The van der Waals surface area contributed by atoms with E-state index in [0.29, 0.717) is 42.4 Å². The van der Waals surface area contributed by atoms with Gasteiger partial charge in [0.15, 0.2) is 23.5 Å². The first-order valence-electron chi connectivity index (χ1n) is 21.4. The molecule has 1 heterocycles. The predicted molar refractivity (Wildman–Crippen MR) is 234 cm³/mol. The Labute approximate surface area is 382 Å². The van der Waals surface area contributed by atoms with Gasteiger partial charge in [0.2, 0.25) is 17.7 Å². The molecular weight excluding hydrogens is 933 g/mol. The molecule has 65 heavy (non-hydrogen) atoms. The number of aliphatic carboxylic acids is 1. The number of carbonyl (C=O) groups excluding carboxylic acids is 5. The van der Waals surface area contributed by atoms with Crippen molar-refractivity contribution in [2.45, 2.75) is 95.5 Å². The van der Waals surface area contributed by atoms with Crippen molar-refractivity contribution in [2.75, 3.05) is 23.8 Å². The van der Waals surface area contributed by atoms with E-state index < -0.39 is 104 Å². The number of alkyl halides is 1. The zero-order valence-electron chi connectivity index (χ0n) is 35.7. The van der Waals surface area contributed by atoms with Gasteiger partial charge in [0.05, 0.1) is 30.7 Å². The molecule has 0 aromatic heterocycles. The first-order valence-corrected chi connectivity index (χ1v) is 24.0. The number of anilines is 1. The molecule has 10 atom stereocenters. The standard InChI is InChI=1S/C45H53BrN3O15P/c1-43-14-13-29(51)17-28(43)9-10-30-31-18-36-45(35(53)23-62-65(59,60)61,44(31,2)19-34(52)40(30)43)64-42(63-36)26-6-3-24(4-7-26)15-25-5-8-27(22-50)33(16-25)49-41(58)32(11-12-39(56)57)48-38(55)21-47-37(54)20-46/h3-8,13-14,16-17,30-32,34,36,40,42,50,52H,9-12,15,18-23H2,1-2H3,(H,47,54)(H,48,55)(H,49,58)(H,56,57)(H2,59,60,61)/t30-,31-,32-,34-,36+,40+,42+,43-,44-,45+/m0/s1. The van der Waals surface area contributed by atoms with Gasteiger partial charge in [-0.05, 0) is 79.7 Å². The summed E-state index contributed by atoms with van der Waals surface area (Å²) in [6.07, 6.45) is 3.74. The molecule has 2 aromatic rings. The maximum atomic E-state index is 14.4. The molecule has 4 fully saturated rings. The highest BCUT2D eigenvalue weighted by Crippen LogP contribution is 2.70. The number of ether oxygens (including phenoxy) is 2. The molecule has 8 N–H and O–H groups in total. The second-order valence-electron chi connectivity index (χ2n) is 18.0. The van der Waals surface area contributed by atoms with Crippen LogP contribution in [0.2, 0.25) is 0 Å². The lowest BCUT2D eigenvalue weighted by Gasteiger charge is -2.59. The van der Waals surface area contributed by atoms with Crippen molar-refractivity contribution in [2.24, 2.45) is 28.6 Å². The topological polar surface area (TPSA) is 284 Å². The highest BCUT2D eigenvalue weighted by atomic mass is 79.9. The largest absolute Gasteiger partial charge is 0.481 e. The number of nitrogens with one attached hydrogen (secondary N) is 3. The van der Waals surface area contributed by atoms with Crippen molar-refractivity contribution in [3.8, 4) is 0 Å². The number of phosphoric acid groups is 1. The molecular formula is C45H53BrN3O15P. The fraction of sp³-hybridized carbons (Fsp3) is 0.511. The van der Waals surface area contributed by atoms with E-state index in [-0.39, 0.29) is 47.4 Å². The summed E-state index contributed by atoms with van der Waals surface area (Å²) in [5, 5.41) is 38.8. The monoisotopic (exact) mass is 985 g/mol. The minimum Gasteiger partial charge on any atom is -0.481 e. The fourth-order valence-corrected chi connectivity index (χ4v) is 11.7. The number of Topliss-reactive ketones (excluding diaryl/α,β-unsaturated/α-hetero) is 1. The zero-order chi connectivity index (χ0) is 47.1. The Balaban J connectivity index is 1.08. The lowest BCUT2D eigenvalue weighted by atomic mass is 9.46. The van der Waals surface area contributed by atoms with Crippen LogP contribution in [-0.2, 0) is 60.4 Å². The van der Waals surface area contributed by atoms with Crippen molar-refractivity contribution in [3.05, 3.63) is 88.5 Å². The van der Waals surface area contributed by atoms with E-state index >= 15 is 0 Å². The molecule has 0 bridgehead atoms. The Morgan fingerprint density at radius 3 is 2.45 bits per heavy atom. The van der Waals surface area contributed by atoms with E-state index in [1.165, 1.54) is 0 Å². The number of hydrogen-bond donors (Lipinski definition) is 8. The van der Waals surface area contributed by atoms with Crippen molar-refractivity contribution in [1.82, 2.24) is 10.6 Å². The maximum absolute atomic E-state index is 14.4. The van der Waals surface area contributed by atoms with Crippen LogP contribution >= 0.6 is 23.8 Å². The van der Waals surface area contributed by atoms with Gasteiger partial charge in [-0.3, -0.25) is 33.3 Å². The molecule has 0 radical (unpaired) electrons. The SMILES string of the molecule is C[C@]12C=CC(=O)C=C1CC[C@@H]1[C@@H]2[C@@H](O)C[C@@]2(C)[C@H]1C[C@H]1O[C@@H](c3ccc(Cc4ccc(CO)c(NC(=O)[C@H](CCC(=O)O)NC(=O)CNC(=O)CBr)c4)cc3)O[C@]12C(=O)COP(=O)(O)O. The minimum atomic E-state index is -5.06. The third-order valence-electron chi connectivity index (χ3n) is 14.1. The zero-order valence-corrected chi connectivity index (χ0v) is 38.2. The number of aliphatic hydroxyl groups excluding tert-OH is 2. The molecule has 2 aromatic carbocycles. The average molecular weight is 987 g/mol. The second kappa shape index (κ2) is 19.1. The van der Waals surface area contributed by atoms with E-state index in [1.807, 2.05) is 32.1 Å². The number of carboxylic acid groups (broad SMARTS) is 1. The Bertz CT molecular complexity index is 2350. The third-order valence-corrected chi connectivity index (χ3v) is 15.1. The van der Waals surface area contributed by atoms with Gasteiger partial charge in [-0.2, -0.15) is 0 Å². The Morgan fingerprint density at radius 2 is 1.77 bits per heavy atom. The second-order valence-corrected chi connectivity index (χ2v) is 19.8. The molecule has 0 spiro atoms. The van der Waals surface area contributed by atoms with E-state index in [4.69, 9.17) is 14.0 Å². The van der Waals surface area contributed by atoms with Crippen LogP contribution in [0, 0.1) is 28.6 Å². The Hall–Kier alpha value is -4.43. The minimum absolute atomic E-state index is 0.0420. The van der Waals surface area contributed by atoms with Gasteiger partial charge >= 0.3 is 13.8 Å². The number of fused-ring (bicyclic) bond motifs is 7. The van der Waals surface area contributed by atoms with Crippen LogP contribution in [0.4, 0.5) is 5.69 Å². The summed E-state index contributed by atoms with van der Waals surface area (Å²) in [5.41, 5.74) is 0.315. The number of benzene rings is 2. The number of carbonyl (C=O) groups is 6. The average Bonchev–Trinajstić information content (AvgIpc) is 3.76. The quantitative estimate of drug-likeness (QED) is 0.0834. The summed E-state index contributed by atoms with van der Waals surface area (Å²) in [7, 11) is -5.06. The Morgan fingerprint density at radius 1 is 1.05 bits per heavy atom. The molecule has 20 heteroatoms. The van der Waals surface area contributed by atoms with Crippen LogP contribution in [0.1, 0.15) is 80.9 Å². The summed E-state index contributed by atoms with van der Waals surface area (Å²) >= 11 is 2.98. The Kier molecular flexibility index (Phi) is 14.2. The number of allylic oxidation sites excluding steroid dienone is 4. The highest BCUT2D eigenvalue weighted by Gasteiger charge is 2.76. The number of rotatable bonds is 17. The number of amides is 3. The summed E-state index contributed by atoms with van der Waals surface area (Å²) in [6, 6.07) is 10.9. The van der Waals surface area contributed by atoms with E-state index in [0.717, 1.165) is 11.1 Å². The number of ketones is 2. The lowest BCUT2D eigenvalue weighted by Crippen LogP contribution is -2.63. The molecule has 18 nitrogen and oxygen atoms in total. The van der Waals surface area contributed by atoms with E-state index in [1.54, 1.807) is 42.5 Å². The van der Waals surface area contributed by atoms with E-state index in [2.05, 4.69) is 31.9 Å². The summed E-state index contributed by atoms with van der Waals surface area (Å²) in [4.78, 5) is 94.7. The van der Waals surface area contributed by atoms with Gasteiger partial charge in [-0.1, -0.05) is 77.8 Å². The lowest BCUT2D eigenvalue weighted by molar-refractivity contribution is -0.200. The fourth-order valence-electron chi connectivity index (χ4n) is 11.2. The van der Waals surface area contributed by atoms with Crippen molar-refractivity contribution in [3.63, 3.8) is 0 Å². The van der Waals surface area contributed by atoms with Gasteiger partial charge in [0.1, 0.15) is 12.6 Å². The van der Waals surface area contributed by atoms with Gasteiger partial charge < -0.3 is 50.5 Å². The number of aliphatic hydroxyl groups is 2. The van der Waals surface area contributed by atoms with Gasteiger partial charge in [0, 0.05) is 40.0 Å². The molecule has 4 aliphatic carbocycles. The predicted octanol–water partition coefficient (Wildman–Crippen LogP) is 3.29. The molecule has 7 rings (SSSR count). The first-order chi connectivity index (χ1) is 30.7. The van der Waals surface area contributed by atoms with Crippen molar-refractivity contribution >= 4 is 64.7 Å². The van der Waals surface area contributed by atoms with Gasteiger partial charge in [-0.15, -0.1) is 0 Å². The summed E-state index contributed by atoms with van der Waals surface area (Å²) in [6.45, 7) is 2.10. The molecule has 3 saturated carbocycles. The number of hydrogen-bond acceptors (Lipinski definition) is 12. The smallest absolute Gasteiger partial charge is 0.470 e. The van der Waals surface area contributed by atoms with Crippen molar-refractivity contribution in [1.29, 1.82) is 0 Å². The number of halogens is 1. The molecule has 350 valence electrons. The van der Waals surface area contributed by atoms with Crippen LogP contribution in [0.5, 0.6) is 0 Å². The van der Waals surface area contributed by atoms with Gasteiger partial charge in [0.25, 0.3) is 0 Å². The summed E-state index contributed by atoms with van der Waals surface area (Å²) in [5.74, 6) is -4.39. The number of phosphoric ester groups is 1. The first kappa shape index (κ1) is 48.5. The molecule has 0 unspecified atom stereocenters. The van der Waals surface area contributed by atoms with Crippen LogP contribution in [0.25, 0.3) is 0 Å². The van der Waals surface area contributed by atoms with Crippen LogP contribution in [0.15, 0.2) is 66.3 Å². The maximum Gasteiger partial charge on any atom is 0.470 e. The molecule has 3 amide bonds. The van der Waals surface area contributed by atoms with Crippen LogP contribution in [0.3, 0.4) is 0 Å². The summed E-state index contributed by atoms with van der Waals surface area (Å²) < 4.78 is 29.9. The van der Waals surface area contributed by atoms with Crippen molar-refractivity contribution < 1.29 is 72.4 Å². The van der Waals surface area contributed by atoms with Crippen LogP contribution < -0.4 is 16.0 Å². The molecule has 5 aliphatic rings. The highest BCUT2D eigenvalue weighted by molar-refractivity contribution is 9.09. The normalized spacial score (nSPS) is 30.5. The van der Waals surface area contributed by atoms with Gasteiger partial charge in [-0.25, -0.2) is 4.57 Å². The molecule has 1 saturated heterocycles. The third kappa shape index (κ3) is 9.71. The molecule has 1 aliphatic heterocycles. The van der Waals surface area contributed by atoms with E-state index in [9.17, 15) is 58.4 Å².